The monoisotopic (exact) mass is 205 g/mol. The third-order valence-electron chi connectivity index (χ3n) is 1.82. The standard InChI is InChI=1S/C10H8ClN3/c11-8-3-2-7(6-9(8)12)10-13-4-1-5-14-10/h1-6H,12H2. The van der Waals surface area contributed by atoms with Crippen LogP contribution in [0.2, 0.25) is 5.02 Å². The van der Waals surface area contributed by atoms with Crippen molar-refractivity contribution in [3.63, 3.8) is 0 Å². The average Bonchev–Trinajstić information content (AvgIpc) is 2.23. The lowest BCUT2D eigenvalue weighted by atomic mass is 10.2. The third-order valence-corrected chi connectivity index (χ3v) is 2.16. The van der Waals surface area contributed by atoms with Crippen LogP contribution in [0.5, 0.6) is 0 Å². The van der Waals surface area contributed by atoms with Crippen LogP contribution in [0.15, 0.2) is 36.7 Å². The summed E-state index contributed by atoms with van der Waals surface area (Å²) in [6, 6.07) is 7.11. The van der Waals surface area contributed by atoms with Gasteiger partial charge in [0.25, 0.3) is 0 Å². The number of aromatic nitrogens is 2. The number of rotatable bonds is 1. The van der Waals surface area contributed by atoms with Gasteiger partial charge < -0.3 is 5.73 Å². The van der Waals surface area contributed by atoms with Crippen molar-refractivity contribution < 1.29 is 0 Å². The highest BCUT2D eigenvalue weighted by molar-refractivity contribution is 6.33. The summed E-state index contributed by atoms with van der Waals surface area (Å²) < 4.78 is 0. The van der Waals surface area contributed by atoms with E-state index in [0.29, 0.717) is 16.5 Å². The summed E-state index contributed by atoms with van der Waals surface area (Å²) in [7, 11) is 0. The fourth-order valence-electron chi connectivity index (χ4n) is 1.13. The van der Waals surface area contributed by atoms with E-state index in [1.165, 1.54) is 0 Å². The van der Waals surface area contributed by atoms with Crippen LogP contribution in [0.4, 0.5) is 5.69 Å². The van der Waals surface area contributed by atoms with Gasteiger partial charge in [0.05, 0.1) is 10.7 Å². The number of halogens is 1. The Morgan fingerprint density at radius 1 is 1.14 bits per heavy atom. The number of hydrogen-bond acceptors (Lipinski definition) is 3. The minimum absolute atomic E-state index is 0.539. The molecule has 2 rings (SSSR count). The van der Waals surface area contributed by atoms with Gasteiger partial charge in [-0.1, -0.05) is 11.6 Å². The zero-order chi connectivity index (χ0) is 9.97. The lowest BCUT2D eigenvalue weighted by Gasteiger charge is -2.01. The van der Waals surface area contributed by atoms with E-state index in [0.717, 1.165) is 5.56 Å². The number of nitrogen functional groups attached to an aromatic ring is 1. The normalized spacial score (nSPS) is 10.1. The van der Waals surface area contributed by atoms with E-state index in [1.54, 1.807) is 30.6 Å². The number of nitrogens with two attached hydrogens (primary N) is 1. The zero-order valence-corrected chi connectivity index (χ0v) is 8.07. The second-order valence-corrected chi connectivity index (χ2v) is 3.22. The minimum Gasteiger partial charge on any atom is -0.398 e. The Balaban J connectivity index is 2.48. The Hall–Kier alpha value is -1.61. The molecule has 0 aliphatic carbocycles. The molecule has 0 radical (unpaired) electrons. The molecule has 70 valence electrons. The van der Waals surface area contributed by atoms with Crippen molar-refractivity contribution in [2.45, 2.75) is 0 Å². The van der Waals surface area contributed by atoms with Crippen LogP contribution in [-0.4, -0.2) is 9.97 Å². The van der Waals surface area contributed by atoms with E-state index in [-0.39, 0.29) is 0 Å². The average molecular weight is 206 g/mol. The molecular formula is C10H8ClN3. The molecule has 2 aromatic rings. The van der Waals surface area contributed by atoms with Crippen LogP contribution in [-0.2, 0) is 0 Å². The van der Waals surface area contributed by atoms with Crippen LogP contribution in [0, 0.1) is 0 Å². The smallest absolute Gasteiger partial charge is 0.159 e. The van der Waals surface area contributed by atoms with Gasteiger partial charge in [0.15, 0.2) is 5.82 Å². The first-order chi connectivity index (χ1) is 6.77. The van der Waals surface area contributed by atoms with E-state index in [2.05, 4.69) is 9.97 Å². The molecule has 0 unspecified atom stereocenters. The highest BCUT2D eigenvalue weighted by Crippen LogP contribution is 2.23. The molecule has 1 aromatic carbocycles. The van der Waals surface area contributed by atoms with Crippen molar-refractivity contribution in [3.05, 3.63) is 41.7 Å². The highest BCUT2D eigenvalue weighted by atomic mass is 35.5. The number of anilines is 1. The summed E-state index contributed by atoms with van der Waals surface area (Å²) in [5, 5.41) is 0.546. The quantitative estimate of drug-likeness (QED) is 0.728. The van der Waals surface area contributed by atoms with Crippen LogP contribution >= 0.6 is 11.6 Å². The Labute approximate surface area is 86.6 Å². The van der Waals surface area contributed by atoms with Crippen molar-refractivity contribution >= 4 is 17.3 Å². The Morgan fingerprint density at radius 3 is 2.50 bits per heavy atom. The van der Waals surface area contributed by atoms with Crippen molar-refractivity contribution in [1.82, 2.24) is 9.97 Å². The maximum atomic E-state index is 5.80. The summed E-state index contributed by atoms with van der Waals surface area (Å²) in [4.78, 5) is 8.22. The third kappa shape index (κ3) is 1.67. The van der Waals surface area contributed by atoms with Gasteiger partial charge in [-0.2, -0.15) is 0 Å². The molecule has 2 N–H and O–H groups in total. The lowest BCUT2D eigenvalue weighted by Crippen LogP contribution is -1.90. The van der Waals surface area contributed by atoms with E-state index in [1.807, 2.05) is 6.07 Å². The van der Waals surface area contributed by atoms with E-state index >= 15 is 0 Å². The molecule has 1 heterocycles. The number of hydrogen-bond donors (Lipinski definition) is 1. The molecule has 0 saturated carbocycles. The van der Waals surface area contributed by atoms with E-state index in [9.17, 15) is 0 Å². The van der Waals surface area contributed by atoms with Gasteiger partial charge in [0, 0.05) is 18.0 Å². The molecule has 0 saturated heterocycles. The first-order valence-corrected chi connectivity index (χ1v) is 4.47. The Morgan fingerprint density at radius 2 is 1.86 bits per heavy atom. The largest absolute Gasteiger partial charge is 0.398 e. The Bertz CT molecular complexity index is 442. The highest BCUT2D eigenvalue weighted by Gasteiger charge is 2.02. The van der Waals surface area contributed by atoms with Crippen LogP contribution in [0.25, 0.3) is 11.4 Å². The molecule has 0 aliphatic rings. The fraction of sp³-hybridized carbons (Fsp3) is 0. The predicted molar refractivity (Wildman–Crippen MR) is 56.9 cm³/mol. The van der Waals surface area contributed by atoms with Crippen molar-refractivity contribution in [2.24, 2.45) is 0 Å². The van der Waals surface area contributed by atoms with Crippen LogP contribution in [0.1, 0.15) is 0 Å². The summed E-state index contributed by atoms with van der Waals surface area (Å²) in [6.45, 7) is 0. The SMILES string of the molecule is Nc1cc(-c2ncccn2)ccc1Cl. The van der Waals surface area contributed by atoms with Gasteiger partial charge in [-0.05, 0) is 24.3 Å². The van der Waals surface area contributed by atoms with Crippen molar-refractivity contribution in [1.29, 1.82) is 0 Å². The molecule has 0 fully saturated rings. The van der Waals surface area contributed by atoms with Crippen LogP contribution < -0.4 is 5.73 Å². The summed E-state index contributed by atoms with van der Waals surface area (Å²) >= 11 is 5.80. The maximum absolute atomic E-state index is 5.80. The second-order valence-electron chi connectivity index (χ2n) is 2.81. The van der Waals surface area contributed by atoms with Gasteiger partial charge in [-0.25, -0.2) is 9.97 Å². The van der Waals surface area contributed by atoms with Crippen molar-refractivity contribution in [3.8, 4) is 11.4 Å². The topological polar surface area (TPSA) is 51.8 Å². The number of nitrogens with zero attached hydrogens (tertiary/aromatic N) is 2. The zero-order valence-electron chi connectivity index (χ0n) is 7.31. The molecule has 0 spiro atoms. The second kappa shape index (κ2) is 3.64. The fourth-order valence-corrected chi connectivity index (χ4v) is 1.25. The molecule has 14 heavy (non-hydrogen) atoms. The van der Waals surface area contributed by atoms with E-state index in [4.69, 9.17) is 17.3 Å². The molecule has 0 atom stereocenters. The molecule has 0 aliphatic heterocycles. The molecule has 4 heteroatoms. The Kier molecular flexibility index (Phi) is 2.33. The summed E-state index contributed by atoms with van der Waals surface area (Å²) in [6.07, 6.45) is 3.38. The molecule has 0 bridgehead atoms. The lowest BCUT2D eigenvalue weighted by molar-refractivity contribution is 1.18. The van der Waals surface area contributed by atoms with Gasteiger partial charge in [-0.3, -0.25) is 0 Å². The first-order valence-electron chi connectivity index (χ1n) is 4.10. The van der Waals surface area contributed by atoms with Gasteiger partial charge in [0.2, 0.25) is 0 Å². The summed E-state index contributed by atoms with van der Waals surface area (Å²) in [5.74, 6) is 0.649. The van der Waals surface area contributed by atoms with Gasteiger partial charge in [-0.15, -0.1) is 0 Å². The molecule has 3 nitrogen and oxygen atoms in total. The van der Waals surface area contributed by atoms with Crippen LogP contribution in [0.3, 0.4) is 0 Å². The first kappa shape index (κ1) is 8.97. The molecule has 0 amide bonds. The van der Waals surface area contributed by atoms with Gasteiger partial charge >= 0.3 is 0 Å². The number of benzene rings is 1. The molecular weight excluding hydrogens is 198 g/mol. The predicted octanol–water partition coefficient (Wildman–Crippen LogP) is 2.38. The van der Waals surface area contributed by atoms with Crippen molar-refractivity contribution in [2.75, 3.05) is 5.73 Å². The molecule has 1 aromatic heterocycles. The van der Waals surface area contributed by atoms with Gasteiger partial charge in [0.1, 0.15) is 0 Å². The maximum Gasteiger partial charge on any atom is 0.159 e. The minimum atomic E-state index is 0.539. The van der Waals surface area contributed by atoms with E-state index < -0.39 is 0 Å². The summed E-state index contributed by atoms with van der Waals surface area (Å²) in [5.41, 5.74) is 7.08.